The van der Waals surface area contributed by atoms with Crippen LogP contribution in [0.4, 0.5) is 0 Å². The van der Waals surface area contributed by atoms with Crippen LogP contribution in [0.5, 0.6) is 11.5 Å². The van der Waals surface area contributed by atoms with E-state index in [1.54, 1.807) is 0 Å². The van der Waals surface area contributed by atoms with Crippen molar-refractivity contribution in [2.45, 2.75) is 38.8 Å². The smallest absolute Gasteiger partial charge is 0.227 e. The molecule has 11 heteroatoms. The molecule has 0 saturated carbocycles. The van der Waals surface area contributed by atoms with Crippen molar-refractivity contribution in [1.29, 1.82) is 0 Å². The van der Waals surface area contributed by atoms with E-state index >= 15 is 0 Å². The maximum Gasteiger partial charge on any atom is 0.227 e. The van der Waals surface area contributed by atoms with Crippen molar-refractivity contribution in [3.8, 4) is 11.5 Å². The fourth-order valence-corrected chi connectivity index (χ4v) is 2.72. The van der Waals surface area contributed by atoms with E-state index in [0.29, 0.717) is 17.5 Å². The second kappa shape index (κ2) is 14.9. The minimum absolute atomic E-state index is 0.109. The summed E-state index contributed by atoms with van der Waals surface area (Å²) in [6.07, 6.45) is 5.30. The Morgan fingerprint density at radius 3 is 2.03 bits per heavy atom. The van der Waals surface area contributed by atoms with Crippen LogP contribution in [0.1, 0.15) is 30.8 Å². The molecule has 0 bridgehead atoms. The van der Waals surface area contributed by atoms with E-state index in [4.69, 9.17) is 56.1 Å². The first kappa shape index (κ1) is 26.2. The van der Waals surface area contributed by atoms with Crippen LogP contribution in [0.25, 0.3) is 0 Å². The zero-order valence-electron chi connectivity index (χ0n) is 17.4. The molecule has 1 N–H and O–H groups in total. The molecule has 1 fully saturated rings. The van der Waals surface area contributed by atoms with Crippen LogP contribution in [0, 0.1) is 0 Å². The highest BCUT2D eigenvalue weighted by molar-refractivity contribution is 6.18. The fraction of sp³-hybridized carbons (Fsp3) is 0.524. The van der Waals surface area contributed by atoms with Crippen LogP contribution < -0.4 is 20.3 Å². The number of alkyl halides is 2. The van der Waals surface area contributed by atoms with Gasteiger partial charge in [-0.15, -0.1) is 23.2 Å². The number of aliphatic hydroxyl groups excluding tert-OH is 1. The van der Waals surface area contributed by atoms with Crippen molar-refractivity contribution in [3.63, 3.8) is 0 Å². The maximum atomic E-state index is 11.7. The molecule has 1 saturated heterocycles. The largest absolute Gasteiger partial charge is 0.485 e. The third kappa shape index (κ3) is 9.22. The molecule has 1 aliphatic heterocycles. The van der Waals surface area contributed by atoms with Crippen molar-refractivity contribution in [3.05, 3.63) is 56.6 Å². The molecule has 2 aromatic heterocycles. The van der Waals surface area contributed by atoms with Gasteiger partial charge >= 0.3 is 0 Å². The molecular formula is C21H26Cl2O9. The van der Waals surface area contributed by atoms with Gasteiger partial charge < -0.3 is 32.9 Å². The highest BCUT2D eigenvalue weighted by atomic mass is 35.5. The molecule has 0 radical (unpaired) electrons. The quantitative estimate of drug-likeness (QED) is 0.499. The van der Waals surface area contributed by atoms with Gasteiger partial charge in [0.15, 0.2) is 6.29 Å². The predicted molar refractivity (Wildman–Crippen MR) is 117 cm³/mol. The highest BCUT2D eigenvalue weighted by Gasteiger charge is 2.15. The molecule has 1 aliphatic rings. The zero-order chi connectivity index (χ0) is 23.2. The van der Waals surface area contributed by atoms with Gasteiger partial charge in [0.05, 0.1) is 11.8 Å². The summed E-state index contributed by atoms with van der Waals surface area (Å²) in [4.78, 5) is 22.8. The second-order valence-electron chi connectivity index (χ2n) is 6.49. The third-order valence-corrected chi connectivity index (χ3v) is 4.39. The first-order valence-corrected chi connectivity index (χ1v) is 11.1. The Morgan fingerprint density at radius 2 is 1.53 bits per heavy atom. The average Bonchev–Trinajstić information content (AvgIpc) is 2.82. The minimum atomic E-state index is -0.319. The van der Waals surface area contributed by atoms with Gasteiger partial charge in [0, 0.05) is 18.7 Å². The monoisotopic (exact) mass is 492 g/mol. The number of rotatable bonds is 10. The molecule has 2 aromatic rings. The molecule has 32 heavy (non-hydrogen) atoms. The summed E-state index contributed by atoms with van der Waals surface area (Å²) < 4.78 is 31.2. The Labute approximate surface area is 194 Å². The second-order valence-corrected chi connectivity index (χ2v) is 7.25. The van der Waals surface area contributed by atoms with Gasteiger partial charge in [0.25, 0.3) is 0 Å². The van der Waals surface area contributed by atoms with Crippen LogP contribution in [0.3, 0.4) is 0 Å². The number of halogens is 2. The van der Waals surface area contributed by atoms with E-state index < -0.39 is 0 Å². The standard InChI is InChI=1S/C13H17ClO5.C8H9ClO4/c14-4-6-16-12-9-18-10(7-11(12)15)8-19-13-3-1-2-5-17-13;9-1-2-12-8-5-13-6(4-10)3-7(8)11/h7,9,13H,1-6,8H2;3,5,10H,1-2,4H2. The summed E-state index contributed by atoms with van der Waals surface area (Å²) in [5.74, 6) is 1.57. The van der Waals surface area contributed by atoms with Crippen LogP contribution in [-0.2, 0) is 22.7 Å². The normalized spacial score (nSPS) is 15.5. The summed E-state index contributed by atoms with van der Waals surface area (Å²) in [5.41, 5.74) is -0.556. The Hall–Kier alpha value is -2.04. The first-order chi connectivity index (χ1) is 15.6. The van der Waals surface area contributed by atoms with Crippen LogP contribution in [0.15, 0.2) is 43.1 Å². The van der Waals surface area contributed by atoms with Gasteiger partial charge in [0.1, 0.15) is 50.5 Å². The lowest BCUT2D eigenvalue weighted by Crippen LogP contribution is -2.22. The Morgan fingerprint density at radius 1 is 0.938 bits per heavy atom. The van der Waals surface area contributed by atoms with Crippen molar-refractivity contribution in [2.24, 2.45) is 0 Å². The molecule has 0 amide bonds. The van der Waals surface area contributed by atoms with E-state index in [1.807, 2.05) is 0 Å². The molecule has 1 unspecified atom stereocenters. The SMILES string of the molecule is O=c1cc(CO)occ1OCCCl.O=c1cc(COC2CCCCO2)occ1OCCCl. The van der Waals surface area contributed by atoms with E-state index in [2.05, 4.69) is 0 Å². The van der Waals surface area contributed by atoms with E-state index in [1.165, 1.54) is 24.7 Å². The van der Waals surface area contributed by atoms with Gasteiger partial charge in [-0.05, 0) is 19.3 Å². The Balaban J connectivity index is 0.000000244. The molecule has 0 aliphatic carbocycles. The molecule has 0 aromatic carbocycles. The van der Waals surface area contributed by atoms with Gasteiger partial charge in [-0.2, -0.15) is 0 Å². The number of hydrogen-bond donors (Lipinski definition) is 1. The molecule has 9 nitrogen and oxygen atoms in total. The van der Waals surface area contributed by atoms with Gasteiger partial charge in [0.2, 0.25) is 22.4 Å². The fourth-order valence-electron chi connectivity index (χ4n) is 2.56. The lowest BCUT2D eigenvalue weighted by Gasteiger charge is -2.22. The summed E-state index contributed by atoms with van der Waals surface area (Å²) >= 11 is 10.8. The predicted octanol–water partition coefficient (Wildman–Crippen LogP) is 3.05. The molecule has 178 valence electrons. The Kier molecular flexibility index (Phi) is 12.2. The topological polar surface area (TPSA) is 118 Å². The lowest BCUT2D eigenvalue weighted by molar-refractivity contribution is -0.171. The van der Waals surface area contributed by atoms with Gasteiger partial charge in [-0.3, -0.25) is 9.59 Å². The van der Waals surface area contributed by atoms with E-state index in [-0.39, 0.29) is 60.8 Å². The number of ether oxygens (including phenoxy) is 4. The molecule has 3 rings (SSSR count). The first-order valence-electron chi connectivity index (χ1n) is 10.0. The van der Waals surface area contributed by atoms with Gasteiger partial charge in [-0.25, -0.2) is 0 Å². The maximum absolute atomic E-state index is 11.7. The highest BCUT2D eigenvalue weighted by Crippen LogP contribution is 2.16. The van der Waals surface area contributed by atoms with E-state index in [9.17, 15) is 9.59 Å². The zero-order valence-corrected chi connectivity index (χ0v) is 18.9. The average molecular weight is 493 g/mol. The van der Waals surface area contributed by atoms with Gasteiger partial charge in [-0.1, -0.05) is 0 Å². The summed E-state index contributed by atoms with van der Waals surface area (Å²) in [5, 5.41) is 8.63. The lowest BCUT2D eigenvalue weighted by atomic mass is 10.2. The molecule has 0 spiro atoms. The number of aliphatic hydroxyl groups is 1. The molecule has 1 atom stereocenters. The van der Waals surface area contributed by atoms with Crippen LogP contribution in [0.2, 0.25) is 0 Å². The third-order valence-electron chi connectivity index (χ3n) is 4.08. The van der Waals surface area contributed by atoms with E-state index in [0.717, 1.165) is 25.9 Å². The van der Waals surface area contributed by atoms with Crippen LogP contribution in [-0.4, -0.2) is 43.0 Å². The molecule has 3 heterocycles. The summed E-state index contributed by atoms with van der Waals surface area (Å²) in [6.45, 7) is 1.17. The molecular weight excluding hydrogens is 467 g/mol. The van der Waals surface area contributed by atoms with Crippen molar-refractivity contribution < 1.29 is 32.9 Å². The van der Waals surface area contributed by atoms with Crippen LogP contribution >= 0.6 is 23.2 Å². The Bertz CT molecular complexity index is 907. The minimum Gasteiger partial charge on any atom is -0.485 e. The van der Waals surface area contributed by atoms with Crippen molar-refractivity contribution >= 4 is 23.2 Å². The summed E-state index contributed by atoms with van der Waals surface area (Å²) in [7, 11) is 0. The van der Waals surface area contributed by atoms with Crippen molar-refractivity contribution in [2.75, 3.05) is 31.6 Å². The van der Waals surface area contributed by atoms with Crippen molar-refractivity contribution in [1.82, 2.24) is 0 Å². The summed E-state index contributed by atoms with van der Waals surface area (Å²) in [6, 6.07) is 2.55. The number of hydrogen-bond acceptors (Lipinski definition) is 9.